The molecular formula is C7H6ClN5S. The van der Waals surface area contributed by atoms with Gasteiger partial charge >= 0.3 is 0 Å². The van der Waals surface area contributed by atoms with Crippen LogP contribution in [0, 0.1) is 0 Å². The molecule has 0 aliphatic carbocycles. The Kier molecular flexibility index (Phi) is 2.64. The summed E-state index contributed by atoms with van der Waals surface area (Å²) in [6, 6.07) is 1.77. The van der Waals surface area contributed by atoms with E-state index in [9.17, 15) is 0 Å². The number of aryl methyl sites for hydroxylation is 1. The van der Waals surface area contributed by atoms with Crippen molar-refractivity contribution < 1.29 is 0 Å². The van der Waals surface area contributed by atoms with Gasteiger partial charge in [0.2, 0.25) is 5.28 Å². The van der Waals surface area contributed by atoms with Gasteiger partial charge in [-0.05, 0) is 29.4 Å². The summed E-state index contributed by atoms with van der Waals surface area (Å²) in [5.74, 6) is 0. The van der Waals surface area contributed by atoms with Crippen LogP contribution in [-0.4, -0.2) is 24.7 Å². The highest BCUT2D eigenvalue weighted by molar-refractivity contribution is 7.99. The number of halogens is 1. The molecular weight excluding hydrogens is 222 g/mol. The van der Waals surface area contributed by atoms with Gasteiger partial charge in [0.1, 0.15) is 11.4 Å². The van der Waals surface area contributed by atoms with E-state index in [-0.39, 0.29) is 5.28 Å². The van der Waals surface area contributed by atoms with E-state index in [0.29, 0.717) is 0 Å². The number of nitrogens with zero attached hydrogens (tertiary/aromatic N) is 5. The van der Waals surface area contributed by atoms with Crippen molar-refractivity contribution in [1.29, 1.82) is 0 Å². The van der Waals surface area contributed by atoms with Gasteiger partial charge in [0.05, 0.1) is 0 Å². The Bertz CT molecular complexity index is 443. The average Bonchev–Trinajstić information content (AvgIpc) is 2.52. The van der Waals surface area contributed by atoms with E-state index in [1.165, 1.54) is 18.1 Å². The first-order valence-electron chi connectivity index (χ1n) is 3.76. The summed E-state index contributed by atoms with van der Waals surface area (Å²) in [5, 5.41) is 5.69. The fourth-order valence-corrected chi connectivity index (χ4v) is 1.77. The smallest absolute Gasteiger partial charge is 0.223 e. The monoisotopic (exact) mass is 227 g/mol. The third-order valence-electron chi connectivity index (χ3n) is 1.47. The summed E-state index contributed by atoms with van der Waals surface area (Å²) in [6.45, 7) is 0. The molecule has 0 atom stereocenters. The Morgan fingerprint density at radius 1 is 1.43 bits per heavy atom. The van der Waals surface area contributed by atoms with Gasteiger partial charge in [-0.2, -0.15) is 5.10 Å². The maximum absolute atomic E-state index is 5.65. The van der Waals surface area contributed by atoms with E-state index >= 15 is 0 Å². The SMILES string of the molecule is Cn1ncnc1Sc1ccnc(Cl)n1. The third kappa shape index (κ3) is 2.02. The molecule has 0 radical (unpaired) electrons. The van der Waals surface area contributed by atoms with Crippen LogP contribution in [0.1, 0.15) is 0 Å². The molecule has 0 aliphatic heterocycles. The van der Waals surface area contributed by atoms with Crippen LogP contribution < -0.4 is 0 Å². The lowest BCUT2D eigenvalue weighted by Crippen LogP contribution is -1.93. The Labute approximate surface area is 89.5 Å². The van der Waals surface area contributed by atoms with Crippen LogP contribution in [0.2, 0.25) is 5.28 Å². The van der Waals surface area contributed by atoms with Crippen LogP contribution in [0.25, 0.3) is 0 Å². The second kappa shape index (κ2) is 3.93. The van der Waals surface area contributed by atoms with Gasteiger partial charge in [0.25, 0.3) is 0 Å². The quantitative estimate of drug-likeness (QED) is 0.574. The average molecular weight is 228 g/mol. The number of hydrogen-bond acceptors (Lipinski definition) is 5. The predicted octanol–water partition coefficient (Wildman–Crippen LogP) is 1.41. The van der Waals surface area contributed by atoms with Crippen LogP contribution in [0.15, 0.2) is 28.8 Å². The molecule has 72 valence electrons. The summed E-state index contributed by atoms with van der Waals surface area (Å²) in [5.41, 5.74) is 0. The maximum atomic E-state index is 5.65. The molecule has 0 N–H and O–H groups in total. The minimum Gasteiger partial charge on any atom is -0.244 e. The van der Waals surface area contributed by atoms with Gasteiger partial charge in [-0.1, -0.05) is 0 Å². The van der Waals surface area contributed by atoms with Crippen molar-refractivity contribution in [2.75, 3.05) is 0 Å². The summed E-state index contributed by atoms with van der Waals surface area (Å²) in [6.07, 6.45) is 3.10. The van der Waals surface area contributed by atoms with Gasteiger partial charge in [0, 0.05) is 13.2 Å². The molecule has 2 heterocycles. The van der Waals surface area contributed by atoms with Crippen molar-refractivity contribution in [2.24, 2.45) is 7.05 Å². The fraction of sp³-hybridized carbons (Fsp3) is 0.143. The third-order valence-corrected chi connectivity index (χ3v) is 2.64. The Balaban J connectivity index is 2.23. The predicted molar refractivity (Wildman–Crippen MR) is 52.2 cm³/mol. The maximum Gasteiger partial charge on any atom is 0.223 e. The first-order valence-corrected chi connectivity index (χ1v) is 4.95. The van der Waals surface area contributed by atoms with Gasteiger partial charge in [-0.15, -0.1) is 0 Å². The molecule has 0 amide bonds. The molecule has 2 aromatic rings. The highest BCUT2D eigenvalue weighted by Crippen LogP contribution is 2.23. The van der Waals surface area contributed by atoms with Crippen molar-refractivity contribution in [2.45, 2.75) is 10.2 Å². The second-order valence-corrected chi connectivity index (χ2v) is 3.76. The summed E-state index contributed by atoms with van der Waals surface area (Å²) >= 11 is 7.04. The lowest BCUT2D eigenvalue weighted by molar-refractivity contribution is 0.684. The van der Waals surface area contributed by atoms with Gasteiger partial charge < -0.3 is 0 Å². The number of hydrogen-bond donors (Lipinski definition) is 0. The topological polar surface area (TPSA) is 56.5 Å². The Morgan fingerprint density at radius 3 is 2.93 bits per heavy atom. The molecule has 14 heavy (non-hydrogen) atoms. The van der Waals surface area contributed by atoms with E-state index < -0.39 is 0 Å². The zero-order valence-electron chi connectivity index (χ0n) is 7.25. The van der Waals surface area contributed by atoms with Crippen molar-refractivity contribution in [3.63, 3.8) is 0 Å². The van der Waals surface area contributed by atoms with Crippen LogP contribution in [0.5, 0.6) is 0 Å². The molecule has 0 unspecified atom stereocenters. The van der Waals surface area contributed by atoms with Crippen LogP contribution in [0.4, 0.5) is 0 Å². The highest BCUT2D eigenvalue weighted by atomic mass is 35.5. The molecule has 0 aromatic carbocycles. The minimum atomic E-state index is 0.233. The van der Waals surface area contributed by atoms with Crippen LogP contribution in [-0.2, 0) is 7.05 Å². The minimum absolute atomic E-state index is 0.233. The lowest BCUT2D eigenvalue weighted by Gasteiger charge is -1.98. The molecule has 0 spiro atoms. The van der Waals surface area contributed by atoms with E-state index in [2.05, 4.69) is 20.1 Å². The van der Waals surface area contributed by atoms with Crippen molar-refractivity contribution >= 4 is 23.4 Å². The van der Waals surface area contributed by atoms with Crippen LogP contribution in [0.3, 0.4) is 0 Å². The molecule has 0 aliphatic rings. The van der Waals surface area contributed by atoms with Gasteiger partial charge in [-0.25, -0.2) is 19.6 Å². The first kappa shape index (κ1) is 9.42. The van der Waals surface area contributed by atoms with Crippen molar-refractivity contribution in [1.82, 2.24) is 24.7 Å². The van der Waals surface area contributed by atoms with E-state index in [1.54, 1.807) is 16.9 Å². The molecule has 0 bridgehead atoms. The Hall–Kier alpha value is -1.14. The largest absolute Gasteiger partial charge is 0.244 e. The van der Waals surface area contributed by atoms with E-state index in [1.807, 2.05) is 7.05 Å². The lowest BCUT2D eigenvalue weighted by atomic mass is 10.7. The normalized spacial score (nSPS) is 10.4. The standard InChI is InChI=1S/C7H6ClN5S/c1-13-7(10-4-11-13)14-5-2-3-9-6(8)12-5/h2-4H,1H3. The molecule has 7 heteroatoms. The summed E-state index contributed by atoms with van der Waals surface area (Å²) in [7, 11) is 1.82. The second-order valence-electron chi connectivity index (χ2n) is 2.43. The number of aromatic nitrogens is 5. The Morgan fingerprint density at radius 2 is 2.29 bits per heavy atom. The van der Waals surface area contributed by atoms with E-state index in [0.717, 1.165) is 10.2 Å². The molecule has 2 aromatic heterocycles. The van der Waals surface area contributed by atoms with E-state index in [4.69, 9.17) is 11.6 Å². The molecule has 0 saturated heterocycles. The van der Waals surface area contributed by atoms with Gasteiger partial charge in [-0.3, -0.25) is 0 Å². The van der Waals surface area contributed by atoms with Crippen molar-refractivity contribution in [3.05, 3.63) is 23.9 Å². The fourth-order valence-electron chi connectivity index (χ4n) is 0.848. The summed E-state index contributed by atoms with van der Waals surface area (Å²) < 4.78 is 1.67. The molecule has 0 fully saturated rings. The molecule has 5 nitrogen and oxygen atoms in total. The highest BCUT2D eigenvalue weighted by Gasteiger charge is 2.04. The summed E-state index contributed by atoms with van der Waals surface area (Å²) in [4.78, 5) is 11.9. The zero-order chi connectivity index (χ0) is 9.97. The van der Waals surface area contributed by atoms with Gasteiger partial charge in [0.15, 0.2) is 5.16 Å². The molecule has 2 rings (SSSR count). The first-order chi connectivity index (χ1) is 6.75. The van der Waals surface area contributed by atoms with Crippen molar-refractivity contribution in [3.8, 4) is 0 Å². The molecule has 0 saturated carbocycles. The zero-order valence-corrected chi connectivity index (χ0v) is 8.83. The number of rotatable bonds is 2. The van der Waals surface area contributed by atoms with Crippen LogP contribution >= 0.6 is 23.4 Å².